The molecule has 128 valence electrons. The highest BCUT2D eigenvalue weighted by Gasteiger charge is 2.25. The summed E-state index contributed by atoms with van der Waals surface area (Å²) < 4.78 is 11.9. The Morgan fingerprint density at radius 1 is 1.20 bits per heavy atom. The highest BCUT2D eigenvalue weighted by atomic mass is 79.9. The molecule has 3 rings (SSSR count). The first kappa shape index (κ1) is 17.8. The van der Waals surface area contributed by atoms with Gasteiger partial charge in [0.05, 0.1) is 17.8 Å². The van der Waals surface area contributed by atoms with Gasteiger partial charge in [-0.2, -0.15) is 0 Å². The van der Waals surface area contributed by atoms with Crippen LogP contribution in [0.25, 0.3) is 10.9 Å². The number of benzene rings is 1. The Hall–Kier alpha value is -2.04. The van der Waals surface area contributed by atoms with Crippen molar-refractivity contribution in [2.75, 3.05) is 6.61 Å². The van der Waals surface area contributed by atoms with Crippen molar-refractivity contribution in [3.8, 4) is 5.75 Å². The summed E-state index contributed by atoms with van der Waals surface area (Å²) in [4.78, 5) is 21.0. The lowest BCUT2D eigenvalue weighted by Crippen LogP contribution is -2.23. The monoisotopic (exact) mass is 418 g/mol. The number of aromatic nitrogens is 2. The molecule has 0 fully saturated rings. The molecule has 1 aromatic carbocycles. The Morgan fingerprint density at radius 3 is 2.76 bits per heavy atom. The molecule has 2 atom stereocenters. The van der Waals surface area contributed by atoms with E-state index in [2.05, 4.69) is 35.1 Å². The van der Waals surface area contributed by atoms with E-state index >= 15 is 0 Å². The van der Waals surface area contributed by atoms with Crippen LogP contribution >= 0.6 is 25.2 Å². The van der Waals surface area contributed by atoms with Gasteiger partial charge in [-0.25, -0.2) is 4.79 Å². The van der Waals surface area contributed by atoms with Crippen LogP contribution in [0.4, 0.5) is 0 Å². The summed E-state index contributed by atoms with van der Waals surface area (Å²) in [5.41, 5.74) is 1.34. The van der Waals surface area contributed by atoms with E-state index in [-0.39, 0.29) is 6.61 Å². The molecule has 3 aromatic rings. The summed E-state index contributed by atoms with van der Waals surface area (Å²) in [6, 6.07) is 11.0. The maximum Gasteiger partial charge on any atom is 0.353 e. The fraction of sp³-hybridized carbons (Fsp3) is 0.167. The third-order valence-corrected chi connectivity index (χ3v) is 4.23. The van der Waals surface area contributed by atoms with E-state index in [4.69, 9.17) is 9.47 Å². The molecule has 2 aromatic heterocycles. The Morgan fingerprint density at radius 2 is 2.04 bits per heavy atom. The zero-order valence-electron chi connectivity index (χ0n) is 13.5. The number of rotatable bonds is 5. The topological polar surface area (TPSA) is 61.3 Å². The second-order valence-electron chi connectivity index (χ2n) is 5.27. The Labute approximate surface area is 156 Å². The van der Waals surface area contributed by atoms with Crippen LogP contribution in [0.15, 0.2) is 53.3 Å². The molecule has 0 spiro atoms. The van der Waals surface area contributed by atoms with Crippen molar-refractivity contribution in [3.63, 3.8) is 0 Å². The van der Waals surface area contributed by atoms with Crippen LogP contribution in [-0.4, -0.2) is 22.5 Å². The van der Waals surface area contributed by atoms with E-state index in [1.807, 2.05) is 24.3 Å². The van der Waals surface area contributed by atoms with E-state index < -0.39 is 12.1 Å². The van der Waals surface area contributed by atoms with Crippen molar-refractivity contribution in [2.45, 2.75) is 13.0 Å². The molecule has 0 saturated heterocycles. The number of hydrogen-bond acceptors (Lipinski definition) is 5. The minimum Gasteiger partial charge on any atom is -0.472 e. The summed E-state index contributed by atoms with van der Waals surface area (Å²) in [7, 11) is 2.56. The van der Waals surface area contributed by atoms with E-state index in [0.29, 0.717) is 11.4 Å². The largest absolute Gasteiger partial charge is 0.472 e. The van der Waals surface area contributed by atoms with Crippen molar-refractivity contribution in [1.82, 2.24) is 9.97 Å². The minimum atomic E-state index is -0.928. The normalized spacial score (nSPS) is 12.0. The maximum absolute atomic E-state index is 12.3. The molecule has 0 aliphatic heterocycles. The van der Waals surface area contributed by atoms with Gasteiger partial charge in [-0.1, -0.05) is 6.07 Å². The Bertz CT molecular complexity index is 902. The Balaban J connectivity index is 1.94. The second-order valence-corrected chi connectivity index (χ2v) is 6.86. The number of carbonyl (C=O) groups excluding carboxylic acids is 1. The molecule has 0 aliphatic carbocycles. The first-order valence-corrected chi connectivity index (χ1v) is 9.04. The van der Waals surface area contributed by atoms with Crippen molar-refractivity contribution >= 4 is 47.3 Å². The fourth-order valence-corrected chi connectivity index (χ4v) is 2.83. The third kappa shape index (κ3) is 4.33. The van der Waals surface area contributed by atoms with Crippen LogP contribution in [0.5, 0.6) is 5.75 Å². The second kappa shape index (κ2) is 7.89. The minimum absolute atomic E-state index is 0.273. The average Bonchev–Trinajstić information content (AvgIpc) is 2.60. The summed E-state index contributed by atoms with van der Waals surface area (Å²) >= 11 is 3.41. The van der Waals surface area contributed by atoms with E-state index in [9.17, 15) is 4.79 Å². The molecular formula is C18H16BrN2O3P. The van der Waals surface area contributed by atoms with Gasteiger partial charge >= 0.3 is 5.97 Å². The molecule has 0 N–H and O–H groups in total. The molecule has 0 amide bonds. The zero-order chi connectivity index (χ0) is 17.8. The fourth-order valence-electron chi connectivity index (χ4n) is 2.31. The zero-order valence-corrected chi connectivity index (χ0v) is 16.2. The molecule has 0 aliphatic rings. The number of esters is 1. The lowest BCUT2D eigenvalue weighted by atomic mass is 10.2. The van der Waals surface area contributed by atoms with Crippen LogP contribution in [0.2, 0.25) is 0 Å². The van der Waals surface area contributed by atoms with Gasteiger partial charge in [-0.15, -0.1) is 9.24 Å². The van der Waals surface area contributed by atoms with Gasteiger partial charge in [0.2, 0.25) is 6.10 Å². The number of nitrogens with zero attached hydrogens (tertiary/aromatic N) is 2. The molecular weight excluding hydrogens is 403 g/mol. The van der Waals surface area contributed by atoms with Gasteiger partial charge in [0.15, 0.2) is 0 Å². The van der Waals surface area contributed by atoms with Crippen molar-refractivity contribution in [2.24, 2.45) is 0 Å². The van der Waals surface area contributed by atoms with E-state index in [0.717, 1.165) is 20.7 Å². The number of halogens is 1. The Kier molecular flexibility index (Phi) is 5.61. The lowest BCUT2D eigenvalue weighted by molar-refractivity contribution is -0.152. The van der Waals surface area contributed by atoms with Crippen LogP contribution in [0.1, 0.15) is 18.7 Å². The molecule has 0 radical (unpaired) electrons. The van der Waals surface area contributed by atoms with Crippen LogP contribution in [0, 0.1) is 0 Å². The lowest BCUT2D eigenvalue weighted by Gasteiger charge is -2.17. The number of pyridine rings is 2. The predicted octanol–water partition coefficient (Wildman–Crippen LogP) is 3.58. The maximum atomic E-state index is 12.3. The molecule has 2 unspecified atom stereocenters. The van der Waals surface area contributed by atoms with Crippen LogP contribution in [0.3, 0.4) is 0 Å². The summed E-state index contributed by atoms with van der Waals surface area (Å²) in [5, 5.41) is 1.83. The summed E-state index contributed by atoms with van der Waals surface area (Å²) in [6.45, 7) is 2.03. The number of fused-ring (bicyclic) bond motifs is 1. The van der Waals surface area contributed by atoms with Gasteiger partial charge in [0.25, 0.3) is 0 Å². The van der Waals surface area contributed by atoms with E-state index in [1.54, 1.807) is 31.5 Å². The molecule has 25 heavy (non-hydrogen) atoms. The van der Waals surface area contributed by atoms with Gasteiger partial charge in [0.1, 0.15) is 5.75 Å². The van der Waals surface area contributed by atoms with Crippen molar-refractivity contribution < 1.29 is 14.3 Å². The van der Waals surface area contributed by atoms with Gasteiger partial charge in [0, 0.05) is 22.3 Å². The first-order chi connectivity index (χ1) is 12.1. The highest BCUT2D eigenvalue weighted by molar-refractivity contribution is 9.10. The number of carbonyl (C=O) groups is 1. The number of hydrogen-bond donors (Lipinski definition) is 0. The third-order valence-electron chi connectivity index (χ3n) is 3.45. The smallest absolute Gasteiger partial charge is 0.353 e. The highest BCUT2D eigenvalue weighted by Crippen LogP contribution is 2.26. The standard InChI is InChI=1S/C18H16BrN2O3P/c1-2-23-18(22)17(16-6-4-14(25)10-21-16)24-13-3-5-15-11(8-13)7-12(19)9-20-15/h3-10,17H,2,25H2,1H3. The molecule has 0 saturated carbocycles. The van der Waals surface area contributed by atoms with Crippen molar-refractivity contribution in [1.29, 1.82) is 0 Å². The van der Waals surface area contributed by atoms with Gasteiger partial charge in [-0.05, 0) is 58.5 Å². The first-order valence-electron chi connectivity index (χ1n) is 7.67. The van der Waals surface area contributed by atoms with Gasteiger partial charge in [-0.3, -0.25) is 9.97 Å². The quantitative estimate of drug-likeness (QED) is 0.468. The molecule has 0 bridgehead atoms. The average molecular weight is 419 g/mol. The summed E-state index contributed by atoms with van der Waals surface area (Å²) in [6.07, 6.45) is 2.47. The molecule has 7 heteroatoms. The summed E-state index contributed by atoms with van der Waals surface area (Å²) in [5.74, 6) is 0.0705. The number of ether oxygens (including phenoxy) is 2. The van der Waals surface area contributed by atoms with Gasteiger partial charge < -0.3 is 9.47 Å². The SMILES string of the molecule is CCOC(=O)C(Oc1ccc2ncc(Br)cc2c1)c1ccc(P)cn1. The predicted molar refractivity (Wildman–Crippen MR) is 103 cm³/mol. The van der Waals surface area contributed by atoms with Crippen LogP contribution in [-0.2, 0) is 9.53 Å². The van der Waals surface area contributed by atoms with E-state index in [1.165, 1.54) is 0 Å². The van der Waals surface area contributed by atoms with Crippen molar-refractivity contribution in [3.05, 3.63) is 59.0 Å². The molecule has 5 nitrogen and oxygen atoms in total. The molecule has 2 heterocycles. The van der Waals surface area contributed by atoms with Crippen LogP contribution < -0.4 is 10.0 Å².